The first kappa shape index (κ1) is 17.3. The smallest absolute Gasteiger partial charge is 0.314 e. The standard InChI is InChI=1S/C16H16FN3O4/c1-10-7-13(20(22)23)8-18-15(10)19-9-14(16(21)24-2)11-3-5-12(17)6-4-11/h3-8,14H,9H2,1-2H3,(H,18,19). The number of pyridine rings is 1. The van der Waals surface area contributed by atoms with Gasteiger partial charge in [-0.25, -0.2) is 9.37 Å². The fraction of sp³-hybridized carbons (Fsp3) is 0.250. The van der Waals surface area contributed by atoms with Crippen LogP contribution in [0.1, 0.15) is 17.0 Å². The summed E-state index contributed by atoms with van der Waals surface area (Å²) in [4.78, 5) is 26.2. The van der Waals surface area contributed by atoms with E-state index in [2.05, 4.69) is 10.3 Å². The van der Waals surface area contributed by atoms with Crippen molar-refractivity contribution in [3.8, 4) is 0 Å². The van der Waals surface area contributed by atoms with Gasteiger partial charge >= 0.3 is 5.97 Å². The van der Waals surface area contributed by atoms with Crippen LogP contribution in [0.5, 0.6) is 0 Å². The van der Waals surface area contributed by atoms with Crippen molar-refractivity contribution in [2.75, 3.05) is 19.0 Å². The molecule has 0 radical (unpaired) electrons. The summed E-state index contributed by atoms with van der Waals surface area (Å²) in [6.07, 6.45) is 1.14. The third kappa shape index (κ3) is 4.03. The summed E-state index contributed by atoms with van der Waals surface area (Å²) in [5.74, 6) is -1.11. The van der Waals surface area contributed by atoms with Gasteiger partial charge in [0, 0.05) is 12.6 Å². The maximum Gasteiger partial charge on any atom is 0.314 e. The molecule has 8 heteroatoms. The van der Waals surface area contributed by atoms with Gasteiger partial charge in [-0.1, -0.05) is 12.1 Å². The van der Waals surface area contributed by atoms with Crippen molar-refractivity contribution in [2.24, 2.45) is 0 Å². The van der Waals surface area contributed by atoms with Gasteiger partial charge in [-0.2, -0.15) is 0 Å². The van der Waals surface area contributed by atoms with Crippen LogP contribution in [0.25, 0.3) is 0 Å². The first-order valence-corrected chi connectivity index (χ1v) is 7.10. The molecule has 0 aliphatic carbocycles. The van der Waals surface area contributed by atoms with Crippen LogP contribution in [0.3, 0.4) is 0 Å². The number of nitrogens with zero attached hydrogens (tertiary/aromatic N) is 2. The lowest BCUT2D eigenvalue weighted by atomic mass is 9.99. The summed E-state index contributed by atoms with van der Waals surface area (Å²) >= 11 is 0. The number of nitro groups is 1. The van der Waals surface area contributed by atoms with Crippen LogP contribution in [-0.4, -0.2) is 29.5 Å². The second-order valence-corrected chi connectivity index (χ2v) is 5.12. The fourth-order valence-electron chi connectivity index (χ4n) is 2.22. The summed E-state index contributed by atoms with van der Waals surface area (Å²) in [5.41, 5.74) is 1.06. The van der Waals surface area contributed by atoms with E-state index in [9.17, 15) is 19.3 Å². The number of aryl methyl sites for hydroxylation is 1. The van der Waals surface area contributed by atoms with Crippen LogP contribution in [0, 0.1) is 22.9 Å². The zero-order valence-electron chi connectivity index (χ0n) is 13.2. The van der Waals surface area contributed by atoms with Gasteiger partial charge in [0.15, 0.2) is 0 Å². The van der Waals surface area contributed by atoms with Crippen LogP contribution >= 0.6 is 0 Å². The first-order valence-electron chi connectivity index (χ1n) is 7.10. The minimum Gasteiger partial charge on any atom is -0.468 e. The van der Waals surface area contributed by atoms with Crippen molar-refractivity contribution < 1.29 is 18.8 Å². The third-order valence-electron chi connectivity index (χ3n) is 3.51. The van der Waals surface area contributed by atoms with E-state index in [0.717, 1.165) is 6.20 Å². The number of rotatable bonds is 6. The van der Waals surface area contributed by atoms with E-state index in [4.69, 9.17) is 4.74 Å². The molecule has 1 aromatic heterocycles. The lowest BCUT2D eigenvalue weighted by molar-refractivity contribution is -0.385. The number of anilines is 1. The minimum absolute atomic E-state index is 0.110. The average Bonchev–Trinajstić information content (AvgIpc) is 2.57. The number of hydrogen-bond acceptors (Lipinski definition) is 6. The summed E-state index contributed by atoms with van der Waals surface area (Å²) < 4.78 is 17.8. The Morgan fingerprint density at radius 2 is 2.08 bits per heavy atom. The Kier molecular flexibility index (Phi) is 5.41. The molecule has 1 N–H and O–H groups in total. The molecule has 0 bridgehead atoms. The Bertz CT molecular complexity index is 749. The van der Waals surface area contributed by atoms with E-state index in [0.29, 0.717) is 16.9 Å². The molecule has 7 nitrogen and oxygen atoms in total. The SMILES string of the molecule is COC(=O)C(CNc1ncc([N+](=O)[O-])cc1C)c1ccc(F)cc1. The largest absolute Gasteiger partial charge is 0.468 e. The van der Waals surface area contributed by atoms with Crippen molar-refractivity contribution >= 4 is 17.5 Å². The normalized spacial score (nSPS) is 11.6. The lowest BCUT2D eigenvalue weighted by Gasteiger charge is -2.17. The first-order chi connectivity index (χ1) is 11.4. The highest BCUT2D eigenvalue weighted by molar-refractivity contribution is 5.78. The Morgan fingerprint density at radius 3 is 2.62 bits per heavy atom. The molecule has 1 heterocycles. The van der Waals surface area contributed by atoms with Gasteiger partial charge in [-0.05, 0) is 30.2 Å². The van der Waals surface area contributed by atoms with E-state index in [1.54, 1.807) is 6.92 Å². The van der Waals surface area contributed by atoms with Crippen molar-refractivity contribution in [3.05, 3.63) is 63.6 Å². The molecule has 0 fully saturated rings. The van der Waals surface area contributed by atoms with Gasteiger partial charge in [0.05, 0.1) is 18.0 Å². The number of halogens is 1. The molecular formula is C16H16FN3O4. The van der Waals surface area contributed by atoms with Crippen LogP contribution in [0.15, 0.2) is 36.5 Å². The van der Waals surface area contributed by atoms with E-state index in [1.165, 1.54) is 37.4 Å². The van der Waals surface area contributed by atoms with Crippen LogP contribution in [-0.2, 0) is 9.53 Å². The Labute approximate surface area is 137 Å². The topological polar surface area (TPSA) is 94.4 Å². The van der Waals surface area contributed by atoms with E-state index < -0.39 is 22.6 Å². The molecule has 0 aliphatic rings. The molecular weight excluding hydrogens is 317 g/mol. The Hall–Kier alpha value is -3.03. The van der Waals surface area contributed by atoms with Crippen LogP contribution in [0.4, 0.5) is 15.9 Å². The van der Waals surface area contributed by atoms with Crippen molar-refractivity contribution in [3.63, 3.8) is 0 Å². The number of ether oxygens (including phenoxy) is 1. The van der Waals surface area contributed by atoms with Gasteiger partial charge in [-0.15, -0.1) is 0 Å². The molecule has 2 aromatic rings. The zero-order chi connectivity index (χ0) is 17.7. The third-order valence-corrected chi connectivity index (χ3v) is 3.51. The number of esters is 1. The van der Waals surface area contributed by atoms with E-state index in [1.807, 2.05) is 0 Å². The average molecular weight is 333 g/mol. The van der Waals surface area contributed by atoms with Crippen LogP contribution < -0.4 is 5.32 Å². The number of nitrogens with one attached hydrogen (secondary N) is 1. The zero-order valence-corrected chi connectivity index (χ0v) is 13.2. The number of benzene rings is 1. The highest BCUT2D eigenvalue weighted by atomic mass is 19.1. The Balaban J connectivity index is 2.17. The second kappa shape index (κ2) is 7.49. The number of carbonyl (C=O) groups is 1. The molecule has 2 rings (SSSR count). The second-order valence-electron chi connectivity index (χ2n) is 5.12. The molecule has 0 spiro atoms. The van der Waals surface area contributed by atoms with Gasteiger partial charge in [0.25, 0.3) is 5.69 Å². The molecule has 0 amide bonds. The summed E-state index contributed by atoms with van der Waals surface area (Å²) in [5, 5.41) is 13.7. The minimum atomic E-state index is -0.660. The highest BCUT2D eigenvalue weighted by Crippen LogP contribution is 2.22. The molecule has 1 aromatic carbocycles. The monoisotopic (exact) mass is 333 g/mol. The molecule has 0 saturated carbocycles. The van der Waals surface area contributed by atoms with Gasteiger partial charge in [0.2, 0.25) is 0 Å². The van der Waals surface area contributed by atoms with Crippen LogP contribution in [0.2, 0.25) is 0 Å². The van der Waals surface area contributed by atoms with E-state index in [-0.39, 0.29) is 12.2 Å². The Morgan fingerprint density at radius 1 is 1.42 bits per heavy atom. The number of methoxy groups -OCH3 is 1. The molecule has 0 aliphatic heterocycles. The van der Waals surface area contributed by atoms with Gasteiger partial charge in [-0.3, -0.25) is 14.9 Å². The lowest BCUT2D eigenvalue weighted by Crippen LogP contribution is -2.23. The van der Waals surface area contributed by atoms with E-state index >= 15 is 0 Å². The predicted molar refractivity (Wildman–Crippen MR) is 85.3 cm³/mol. The molecule has 126 valence electrons. The van der Waals surface area contributed by atoms with Gasteiger partial charge in [0.1, 0.15) is 17.8 Å². The quantitative estimate of drug-likeness (QED) is 0.496. The van der Waals surface area contributed by atoms with Gasteiger partial charge < -0.3 is 10.1 Å². The molecule has 24 heavy (non-hydrogen) atoms. The molecule has 1 atom stereocenters. The predicted octanol–water partition coefficient (Wildman–Crippen LogP) is 2.81. The summed E-state index contributed by atoms with van der Waals surface area (Å²) in [7, 11) is 1.27. The summed E-state index contributed by atoms with van der Waals surface area (Å²) in [6.45, 7) is 1.83. The summed E-state index contributed by atoms with van der Waals surface area (Å²) in [6, 6.07) is 6.94. The van der Waals surface area contributed by atoms with Crippen molar-refractivity contribution in [1.29, 1.82) is 0 Å². The van der Waals surface area contributed by atoms with Crippen molar-refractivity contribution in [2.45, 2.75) is 12.8 Å². The maximum absolute atomic E-state index is 13.0. The highest BCUT2D eigenvalue weighted by Gasteiger charge is 2.22. The molecule has 0 saturated heterocycles. The number of carbonyl (C=O) groups excluding carboxylic acids is 1. The number of hydrogen-bond donors (Lipinski definition) is 1. The molecule has 1 unspecified atom stereocenters. The fourth-order valence-corrected chi connectivity index (χ4v) is 2.22. The van der Waals surface area contributed by atoms with Crippen molar-refractivity contribution in [1.82, 2.24) is 4.98 Å². The maximum atomic E-state index is 13.0. The number of aromatic nitrogens is 1.